The van der Waals surface area contributed by atoms with Crippen LogP contribution in [0.25, 0.3) is 0 Å². The number of rotatable bonds is 3. The molecule has 1 aliphatic carbocycles. The molecule has 3 fully saturated rings. The Hall–Kier alpha value is -1.42. The van der Waals surface area contributed by atoms with Crippen LogP contribution in [0.4, 0.5) is 0 Å². The molecule has 1 amide bonds. The molecule has 112 valence electrons. The van der Waals surface area contributed by atoms with Crippen molar-refractivity contribution in [1.29, 1.82) is 0 Å². The number of hydrogen-bond acceptors (Lipinski definition) is 3. The normalized spacial score (nSPS) is 31.2. The summed E-state index contributed by atoms with van der Waals surface area (Å²) in [7, 11) is 1.94. The van der Waals surface area contributed by atoms with Crippen LogP contribution in [0.3, 0.4) is 0 Å². The van der Waals surface area contributed by atoms with Gasteiger partial charge in [0.1, 0.15) is 5.69 Å². The van der Waals surface area contributed by atoms with E-state index in [2.05, 4.69) is 16.4 Å². The highest BCUT2D eigenvalue weighted by atomic mass is 16.2. The van der Waals surface area contributed by atoms with Gasteiger partial charge in [0.15, 0.2) is 0 Å². The topological polar surface area (TPSA) is 45.2 Å². The van der Waals surface area contributed by atoms with Crippen molar-refractivity contribution >= 4 is 5.91 Å². The van der Waals surface area contributed by atoms with Crippen molar-refractivity contribution in [3.8, 4) is 0 Å². The number of fused-ring (bicyclic) bond motifs is 2. The Balaban J connectivity index is 1.45. The van der Waals surface area contributed by atoms with Crippen molar-refractivity contribution in [3.63, 3.8) is 0 Å². The molecule has 0 radical (unpaired) electrons. The molecule has 2 saturated heterocycles. The first-order valence-corrected chi connectivity index (χ1v) is 8.20. The molecule has 21 heavy (non-hydrogen) atoms. The van der Waals surface area contributed by atoms with Crippen LogP contribution in [0.2, 0.25) is 0 Å². The van der Waals surface area contributed by atoms with Gasteiger partial charge in [0.25, 0.3) is 5.91 Å². The summed E-state index contributed by atoms with van der Waals surface area (Å²) in [6, 6.07) is 5.56. The molecule has 2 bridgehead atoms. The van der Waals surface area contributed by atoms with Gasteiger partial charge in [0.05, 0.1) is 0 Å². The molecule has 4 rings (SSSR count). The van der Waals surface area contributed by atoms with Gasteiger partial charge in [-0.15, -0.1) is 0 Å². The van der Waals surface area contributed by atoms with Crippen molar-refractivity contribution in [1.82, 2.24) is 15.2 Å². The molecule has 1 saturated carbocycles. The van der Waals surface area contributed by atoms with Gasteiger partial charge in [-0.1, -0.05) is 6.07 Å². The number of piperidine rings is 1. The minimum absolute atomic E-state index is 0.0728. The first kappa shape index (κ1) is 13.3. The summed E-state index contributed by atoms with van der Waals surface area (Å²) in [6.07, 6.45) is 9.12. The molecular weight excluding hydrogens is 262 g/mol. The molecule has 2 aliphatic heterocycles. The number of nitrogens with one attached hydrogen (secondary N) is 1. The highest BCUT2D eigenvalue weighted by Crippen LogP contribution is 2.39. The number of amides is 1. The second-order valence-corrected chi connectivity index (χ2v) is 6.93. The lowest BCUT2D eigenvalue weighted by molar-refractivity contribution is 0.0675. The summed E-state index contributed by atoms with van der Waals surface area (Å²) in [4.78, 5) is 18.9. The summed E-state index contributed by atoms with van der Waals surface area (Å²) < 4.78 is 0. The van der Waals surface area contributed by atoms with E-state index in [4.69, 9.17) is 0 Å². The zero-order valence-electron chi connectivity index (χ0n) is 12.6. The lowest BCUT2D eigenvalue weighted by atomic mass is 9.98. The first-order chi connectivity index (χ1) is 10.2. The van der Waals surface area contributed by atoms with Crippen LogP contribution >= 0.6 is 0 Å². The van der Waals surface area contributed by atoms with Crippen molar-refractivity contribution in [2.75, 3.05) is 7.05 Å². The first-order valence-electron chi connectivity index (χ1n) is 8.20. The maximum atomic E-state index is 12.6. The van der Waals surface area contributed by atoms with Crippen LogP contribution in [0, 0.1) is 0 Å². The van der Waals surface area contributed by atoms with Crippen LogP contribution in [0.1, 0.15) is 60.5 Å². The average Bonchev–Trinajstić information content (AvgIpc) is 3.31. The van der Waals surface area contributed by atoms with E-state index in [-0.39, 0.29) is 5.91 Å². The molecule has 1 aromatic heterocycles. The minimum Gasteiger partial charge on any atom is -0.337 e. The van der Waals surface area contributed by atoms with E-state index >= 15 is 0 Å². The Bertz CT molecular complexity index is 525. The Morgan fingerprint density at radius 1 is 1.19 bits per heavy atom. The summed E-state index contributed by atoms with van der Waals surface area (Å²) in [5.41, 5.74) is 1.88. The van der Waals surface area contributed by atoms with E-state index in [1.54, 1.807) is 0 Å². The van der Waals surface area contributed by atoms with Gasteiger partial charge in [-0.05, 0) is 56.1 Å². The Morgan fingerprint density at radius 3 is 2.48 bits per heavy atom. The predicted molar refractivity (Wildman–Crippen MR) is 81.3 cm³/mol. The lowest BCUT2D eigenvalue weighted by Crippen LogP contribution is -2.48. The van der Waals surface area contributed by atoms with Crippen LogP contribution in [-0.2, 0) is 0 Å². The zero-order chi connectivity index (χ0) is 14.4. The van der Waals surface area contributed by atoms with Crippen molar-refractivity contribution in [2.24, 2.45) is 0 Å². The Labute approximate surface area is 125 Å². The SMILES string of the molecule is CN(C(=O)c1ccc(C2CC2)cn1)C1CC2CCC(C1)N2. The monoisotopic (exact) mass is 285 g/mol. The molecule has 4 heteroatoms. The van der Waals surface area contributed by atoms with Crippen LogP contribution in [0.5, 0.6) is 0 Å². The fourth-order valence-corrected chi connectivity index (χ4v) is 3.88. The third kappa shape index (κ3) is 2.57. The quantitative estimate of drug-likeness (QED) is 0.927. The molecule has 2 unspecified atom stereocenters. The molecule has 1 N–H and O–H groups in total. The van der Waals surface area contributed by atoms with Crippen LogP contribution in [0.15, 0.2) is 18.3 Å². The second-order valence-electron chi connectivity index (χ2n) is 6.93. The van der Waals surface area contributed by atoms with Gasteiger partial charge >= 0.3 is 0 Å². The van der Waals surface area contributed by atoms with E-state index in [1.165, 1.54) is 31.2 Å². The van der Waals surface area contributed by atoms with E-state index in [0.29, 0.717) is 29.7 Å². The molecule has 0 aromatic carbocycles. The van der Waals surface area contributed by atoms with E-state index in [0.717, 1.165) is 12.8 Å². The summed E-state index contributed by atoms with van der Waals surface area (Å²) in [5.74, 6) is 0.767. The maximum Gasteiger partial charge on any atom is 0.272 e. The fraction of sp³-hybridized carbons (Fsp3) is 0.647. The number of pyridine rings is 1. The van der Waals surface area contributed by atoms with Gasteiger partial charge < -0.3 is 10.2 Å². The van der Waals surface area contributed by atoms with Crippen molar-refractivity contribution in [3.05, 3.63) is 29.6 Å². The highest BCUT2D eigenvalue weighted by Gasteiger charge is 2.36. The van der Waals surface area contributed by atoms with Gasteiger partial charge in [0.2, 0.25) is 0 Å². The summed E-state index contributed by atoms with van der Waals surface area (Å²) >= 11 is 0. The van der Waals surface area contributed by atoms with E-state index < -0.39 is 0 Å². The van der Waals surface area contributed by atoms with E-state index in [1.807, 2.05) is 24.2 Å². The van der Waals surface area contributed by atoms with Crippen molar-refractivity contribution < 1.29 is 4.79 Å². The number of carbonyl (C=O) groups is 1. The molecule has 3 aliphatic rings. The Morgan fingerprint density at radius 2 is 1.90 bits per heavy atom. The van der Waals surface area contributed by atoms with Gasteiger partial charge in [-0.2, -0.15) is 0 Å². The zero-order valence-corrected chi connectivity index (χ0v) is 12.6. The fourth-order valence-electron chi connectivity index (χ4n) is 3.88. The maximum absolute atomic E-state index is 12.6. The van der Waals surface area contributed by atoms with Gasteiger partial charge in [-0.25, -0.2) is 0 Å². The molecule has 0 spiro atoms. The van der Waals surface area contributed by atoms with Crippen LogP contribution in [-0.4, -0.2) is 41.0 Å². The minimum atomic E-state index is 0.0728. The number of hydrogen-bond donors (Lipinski definition) is 1. The van der Waals surface area contributed by atoms with Gasteiger partial charge in [0, 0.05) is 31.4 Å². The predicted octanol–water partition coefficient (Wildman–Crippen LogP) is 2.31. The largest absolute Gasteiger partial charge is 0.337 e. The third-order valence-corrected chi connectivity index (χ3v) is 5.37. The second kappa shape index (κ2) is 5.09. The summed E-state index contributed by atoms with van der Waals surface area (Å²) in [5, 5.41) is 3.63. The number of carbonyl (C=O) groups excluding carboxylic acids is 1. The smallest absolute Gasteiger partial charge is 0.272 e. The standard InChI is InChI=1S/C17H23N3O/c1-20(15-8-13-5-6-14(9-15)19-13)17(21)16-7-4-12(10-18-16)11-2-3-11/h4,7,10-11,13-15,19H,2-3,5-6,8-9H2,1H3. The number of nitrogens with zero attached hydrogens (tertiary/aromatic N) is 2. The molecular formula is C17H23N3O. The molecule has 2 atom stereocenters. The average molecular weight is 285 g/mol. The van der Waals surface area contributed by atoms with Crippen molar-refractivity contribution in [2.45, 2.75) is 62.6 Å². The Kier molecular flexibility index (Phi) is 3.21. The lowest BCUT2D eigenvalue weighted by Gasteiger charge is -2.35. The van der Waals surface area contributed by atoms with E-state index in [9.17, 15) is 4.79 Å². The van der Waals surface area contributed by atoms with Crippen LogP contribution < -0.4 is 5.32 Å². The molecule has 3 heterocycles. The highest BCUT2D eigenvalue weighted by molar-refractivity contribution is 5.92. The number of aromatic nitrogens is 1. The van der Waals surface area contributed by atoms with Gasteiger partial charge in [-0.3, -0.25) is 9.78 Å². The summed E-state index contributed by atoms with van der Waals surface area (Å²) in [6.45, 7) is 0. The third-order valence-electron chi connectivity index (χ3n) is 5.37. The molecule has 1 aromatic rings. The molecule has 4 nitrogen and oxygen atoms in total.